The number of nitrogens with zero attached hydrogens (tertiary/aromatic N) is 3. The van der Waals surface area contributed by atoms with Gasteiger partial charge in [-0.1, -0.05) is 6.07 Å². The summed E-state index contributed by atoms with van der Waals surface area (Å²) in [6, 6.07) is 6.89. The molecule has 0 aliphatic carbocycles. The van der Waals surface area contributed by atoms with Gasteiger partial charge in [0, 0.05) is 38.4 Å². The number of likely N-dealkylation sites (N-methyl/N-ethyl adjacent to an activating group) is 1. The fourth-order valence-electron chi connectivity index (χ4n) is 2.39. The van der Waals surface area contributed by atoms with Gasteiger partial charge in [-0.05, 0) is 26.1 Å². The van der Waals surface area contributed by atoms with E-state index in [1.165, 1.54) is 0 Å². The van der Waals surface area contributed by atoms with Crippen molar-refractivity contribution in [1.82, 2.24) is 14.8 Å². The van der Waals surface area contributed by atoms with E-state index >= 15 is 0 Å². The molecule has 2 N–H and O–H groups in total. The summed E-state index contributed by atoms with van der Waals surface area (Å²) >= 11 is 0. The molecule has 4 nitrogen and oxygen atoms in total. The Kier molecular flexibility index (Phi) is 4.10. The normalized spacial score (nSPS) is 24.8. The lowest BCUT2D eigenvalue weighted by atomic mass is 10.1. The predicted octanol–water partition coefficient (Wildman–Crippen LogP) is 0.717. The molecule has 0 radical (unpaired) electrons. The molecule has 4 heteroatoms. The van der Waals surface area contributed by atoms with Crippen molar-refractivity contribution in [2.75, 3.05) is 33.2 Å². The number of piperazine rings is 1. The quantitative estimate of drug-likeness (QED) is 0.837. The third kappa shape index (κ3) is 2.83. The highest BCUT2D eigenvalue weighted by Crippen LogP contribution is 2.20. The van der Waals surface area contributed by atoms with Crippen molar-refractivity contribution in [2.24, 2.45) is 5.73 Å². The molecule has 1 aliphatic heterocycles. The van der Waals surface area contributed by atoms with E-state index in [0.717, 1.165) is 25.3 Å². The Hall–Kier alpha value is -0.970. The Morgan fingerprint density at radius 2 is 2.29 bits per heavy atom. The molecule has 0 saturated carbocycles. The predicted molar refractivity (Wildman–Crippen MR) is 69.7 cm³/mol. The first-order valence-electron chi connectivity index (χ1n) is 6.27. The Morgan fingerprint density at radius 3 is 2.88 bits per heavy atom. The van der Waals surface area contributed by atoms with Crippen LogP contribution in [0.2, 0.25) is 0 Å². The maximum Gasteiger partial charge on any atom is 0.0645 e. The van der Waals surface area contributed by atoms with Gasteiger partial charge in [-0.25, -0.2) is 0 Å². The van der Waals surface area contributed by atoms with Crippen LogP contribution in [0.15, 0.2) is 24.4 Å². The van der Waals surface area contributed by atoms with Gasteiger partial charge in [0.25, 0.3) is 0 Å². The minimum Gasteiger partial charge on any atom is -0.329 e. The average Bonchev–Trinajstić information content (AvgIpc) is 2.36. The van der Waals surface area contributed by atoms with Gasteiger partial charge in [-0.15, -0.1) is 0 Å². The lowest BCUT2D eigenvalue weighted by Gasteiger charge is -2.41. The number of hydrogen-bond donors (Lipinski definition) is 1. The van der Waals surface area contributed by atoms with E-state index in [1.54, 1.807) is 0 Å². The average molecular weight is 234 g/mol. The summed E-state index contributed by atoms with van der Waals surface area (Å²) in [7, 11) is 2.18. The SMILES string of the molecule is CC1CN(C(CN)c2ccccn2)CCN1C. The monoisotopic (exact) mass is 234 g/mol. The summed E-state index contributed by atoms with van der Waals surface area (Å²) in [6.07, 6.45) is 1.84. The largest absolute Gasteiger partial charge is 0.329 e. The second-order valence-corrected chi connectivity index (χ2v) is 4.83. The zero-order valence-electron chi connectivity index (χ0n) is 10.7. The molecule has 94 valence electrons. The third-order valence-electron chi connectivity index (χ3n) is 3.68. The van der Waals surface area contributed by atoms with Crippen LogP contribution in [0.4, 0.5) is 0 Å². The molecule has 2 heterocycles. The second-order valence-electron chi connectivity index (χ2n) is 4.83. The molecule has 1 fully saturated rings. The Bertz CT molecular complexity index is 341. The van der Waals surface area contributed by atoms with Crippen LogP contribution in [0.1, 0.15) is 18.7 Å². The van der Waals surface area contributed by atoms with Crippen LogP contribution in [0, 0.1) is 0 Å². The zero-order chi connectivity index (χ0) is 12.3. The maximum absolute atomic E-state index is 5.92. The fourth-order valence-corrected chi connectivity index (χ4v) is 2.39. The molecule has 1 aromatic heterocycles. The lowest BCUT2D eigenvalue weighted by molar-refractivity contribution is 0.0727. The third-order valence-corrected chi connectivity index (χ3v) is 3.68. The fraction of sp³-hybridized carbons (Fsp3) is 0.615. The molecular formula is C13H22N4. The molecule has 0 aromatic carbocycles. The standard InChI is InChI=1S/C13H22N4/c1-11-10-17(8-7-16(11)2)13(9-14)12-5-3-4-6-15-12/h3-6,11,13H,7-10,14H2,1-2H3. The summed E-state index contributed by atoms with van der Waals surface area (Å²) in [5, 5.41) is 0. The molecule has 1 saturated heterocycles. The molecular weight excluding hydrogens is 212 g/mol. The van der Waals surface area contributed by atoms with Gasteiger partial charge in [0.05, 0.1) is 11.7 Å². The minimum atomic E-state index is 0.257. The van der Waals surface area contributed by atoms with Crippen LogP contribution < -0.4 is 5.73 Å². The molecule has 0 amide bonds. The van der Waals surface area contributed by atoms with E-state index in [-0.39, 0.29) is 6.04 Å². The second kappa shape index (κ2) is 5.58. The van der Waals surface area contributed by atoms with Gasteiger partial charge < -0.3 is 10.6 Å². The number of rotatable bonds is 3. The van der Waals surface area contributed by atoms with Crippen LogP contribution >= 0.6 is 0 Å². The summed E-state index contributed by atoms with van der Waals surface area (Å²) < 4.78 is 0. The van der Waals surface area contributed by atoms with Crippen molar-refractivity contribution in [2.45, 2.75) is 19.0 Å². The number of hydrogen-bond acceptors (Lipinski definition) is 4. The van der Waals surface area contributed by atoms with Gasteiger partial charge >= 0.3 is 0 Å². The summed E-state index contributed by atoms with van der Waals surface area (Å²) in [4.78, 5) is 9.28. The van der Waals surface area contributed by atoms with E-state index in [4.69, 9.17) is 5.73 Å². The van der Waals surface area contributed by atoms with Crippen molar-refractivity contribution < 1.29 is 0 Å². The highest BCUT2D eigenvalue weighted by molar-refractivity contribution is 5.10. The number of nitrogens with two attached hydrogens (primary N) is 1. The summed E-state index contributed by atoms with van der Waals surface area (Å²) in [6.45, 7) is 6.13. The Labute approximate surface area is 103 Å². The first-order valence-corrected chi connectivity index (χ1v) is 6.27. The lowest BCUT2D eigenvalue weighted by Crippen LogP contribution is -2.52. The highest BCUT2D eigenvalue weighted by Gasteiger charge is 2.27. The Balaban J connectivity index is 2.09. The van der Waals surface area contributed by atoms with Crippen LogP contribution in [-0.2, 0) is 0 Å². The molecule has 1 aromatic rings. The van der Waals surface area contributed by atoms with Gasteiger partial charge in [0.2, 0.25) is 0 Å². The molecule has 1 aliphatic rings. The van der Waals surface area contributed by atoms with Crippen molar-refractivity contribution >= 4 is 0 Å². The number of aromatic nitrogens is 1. The smallest absolute Gasteiger partial charge is 0.0645 e. The molecule has 0 bridgehead atoms. The molecule has 2 rings (SSSR count). The van der Waals surface area contributed by atoms with Gasteiger partial charge in [0.1, 0.15) is 0 Å². The van der Waals surface area contributed by atoms with Crippen molar-refractivity contribution in [1.29, 1.82) is 0 Å². The van der Waals surface area contributed by atoms with E-state index in [1.807, 2.05) is 18.3 Å². The number of pyridine rings is 1. The van der Waals surface area contributed by atoms with Gasteiger partial charge in [-0.3, -0.25) is 9.88 Å². The van der Waals surface area contributed by atoms with E-state index in [9.17, 15) is 0 Å². The molecule has 17 heavy (non-hydrogen) atoms. The zero-order valence-corrected chi connectivity index (χ0v) is 10.7. The first-order chi connectivity index (χ1) is 8.22. The summed E-state index contributed by atoms with van der Waals surface area (Å²) in [5.74, 6) is 0. The first kappa shape index (κ1) is 12.5. The Morgan fingerprint density at radius 1 is 1.47 bits per heavy atom. The van der Waals surface area contributed by atoms with E-state index in [2.05, 4.69) is 34.8 Å². The van der Waals surface area contributed by atoms with E-state index in [0.29, 0.717) is 12.6 Å². The van der Waals surface area contributed by atoms with E-state index < -0.39 is 0 Å². The van der Waals surface area contributed by atoms with Crippen molar-refractivity contribution in [3.05, 3.63) is 30.1 Å². The topological polar surface area (TPSA) is 45.4 Å². The van der Waals surface area contributed by atoms with Crippen LogP contribution in [0.3, 0.4) is 0 Å². The van der Waals surface area contributed by atoms with Crippen molar-refractivity contribution in [3.8, 4) is 0 Å². The minimum absolute atomic E-state index is 0.257. The van der Waals surface area contributed by atoms with Gasteiger partial charge in [-0.2, -0.15) is 0 Å². The summed E-state index contributed by atoms with van der Waals surface area (Å²) in [5.41, 5.74) is 7.01. The molecule has 2 atom stereocenters. The van der Waals surface area contributed by atoms with Crippen molar-refractivity contribution in [3.63, 3.8) is 0 Å². The highest BCUT2D eigenvalue weighted by atomic mass is 15.3. The van der Waals surface area contributed by atoms with Crippen LogP contribution in [0.5, 0.6) is 0 Å². The van der Waals surface area contributed by atoms with Crippen LogP contribution in [-0.4, -0.2) is 54.1 Å². The molecule has 2 unspecified atom stereocenters. The molecule has 0 spiro atoms. The van der Waals surface area contributed by atoms with Crippen LogP contribution in [0.25, 0.3) is 0 Å². The maximum atomic E-state index is 5.92. The van der Waals surface area contributed by atoms with Gasteiger partial charge in [0.15, 0.2) is 0 Å².